The van der Waals surface area contributed by atoms with E-state index in [1.54, 1.807) is 12.4 Å². The van der Waals surface area contributed by atoms with Gasteiger partial charge < -0.3 is 4.57 Å². The first-order valence-corrected chi connectivity index (χ1v) is 5.59. The fourth-order valence-electron chi connectivity index (χ4n) is 2.18. The van der Waals surface area contributed by atoms with Crippen molar-refractivity contribution in [3.8, 4) is 11.4 Å². The van der Waals surface area contributed by atoms with Crippen molar-refractivity contribution in [2.75, 3.05) is 0 Å². The van der Waals surface area contributed by atoms with E-state index in [4.69, 9.17) is 0 Å². The van der Waals surface area contributed by atoms with Crippen LogP contribution in [-0.2, 0) is 7.05 Å². The molecule has 2 aromatic heterocycles. The van der Waals surface area contributed by atoms with Crippen molar-refractivity contribution in [2.24, 2.45) is 7.05 Å². The average Bonchev–Trinajstić information content (AvgIpc) is 2.66. The number of nitrogens with zero attached hydrogens (tertiary/aromatic N) is 3. The lowest BCUT2D eigenvalue weighted by atomic mass is 10.1. The number of aromatic nitrogens is 3. The molecule has 3 nitrogen and oxygen atoms in total. The highest BCUT2D eigenvalue weighted by atomic mass is 14.9. The molecule has 84 valence electrons. The van der Waals surface area contributed by atoms with Gasteiger partial charge in [-0.15, -0.1) is 0 Å². The smallest absolute Gasteiger partial charge is 0.159 e. The minimum absolute atomic E-state index is 0.776. The molecule has 0 aliphatic carbocycles. The van der Waals surface area contributed by atoms with Gasteiger partial charge in [0.1, 0.15) is 0 Å². The second-order valence-electron chi connectivity index (χ2n) is 4.23. The third kappa shape index (κ3) is 1.60. The monoisotopic (exact) mass is 223 g/mol. The standard InChI is InChI=1S/C14H13N3/c1-10-9-17(2)13-5-4-11(8-12(10)13)14-15-6-3-7-16-14/h3-9H,1-2H3. The topological polar surface area (TPSA) is 30.7 Å². The Morgan fingerprint density at radius 2 is 1.88 bits per heavy atom. The molecule has 0 aliphatic rings. The largest absolute Gasteiger partial charge is 0.350 e. The number of benzene rings is 1. The van der Waals surface area contributed by atoms with Gasteiger partial charge in [-0.2, -0.15) is 0 Å². The summed E-state index contributed by atoms with van der Waals surface area (Å²) in [6, 6.07) is 8.17. The predicted molar refractivity (Wildman–Crippen MR) is 68.7 cm³/mol. The van der Waals surface area contributed by atoms with Gasteiger partial charge in [-0.1, -0.05) is 0 Å². The van der Waals surface area contributed by atoms with E-state index in [0.717, 1.165) is 11.4 Å². The second-order valence-corrected chi connectivity index (χ2v) is 4.23. The summed E-state index contributed by atoms with van der Waals surface area (Å²) in [5, 5.41) is 1.26. The highest BCUT2D eigenvalue weighted by Gasteiger charge is 2.06. The highest BCUT2D eigenvalue weighted by molar-refractivity contribution is 5.87. The van der Waals surface area contributed by atoms with Crippen LogP contribution in [0, 0.1) is 6.92 Å². The molecule has 0 saturated carbocycles. The van der Waals surface area contributed by atoms with Crippen LogP contribution >= 0.6 is 0 Å². The van der Waals surface area contributed by atoms with Gasteiger partial charge in [0.2, 0.25) is 0 Å². The summed E-state index contributed by atoms with van der Waals surface area (Å²) in [5.41, 5.74) is 3.58. The third-order valence-electron chi connectivity index (χ3n) is 3.01. The van der Waals surface area contributed by atoms with Crippen molar-refractivity contribution >= 4 is 10.9 Å². The minimum Gasteiger partial charge on any atom is -0.350 e. The Balaban J connectivity index is 2.24. The van der Waals surface area contributed by atoms with E-state index in [1.807, 2.05) is 6.07 Å². The number of hydrogen-bond acceptors (Lipinski definition) is 2. The molecule has 0 unspecified atom stereocenters. The zero-order chi connectivity index (χ0) is 11.8. The molecule has 0 bridgehead atoms. The average molecular weight is 223 g/mol. The van der Waals surface area contributed by atoms with Crippen molar-refractivity contribution in [3.63, 3.8) is 0 Å². The zero-order valence-corrected chi connectivity index (χ0v) is 9.88. The fourth-order valence-corrected chi connectivity index (χ4v) is 2.18. The Hall–Kier alpha value is -2.16. The molecule has 3 rings (SSSR count). The molecule has 1 aromatic carbocycles. The number of fused-ring (bicyclic) bond motifs is 1. The first-order valence-electron chi connectivity index (χ1n) is 5.59. The normalized spacial score (nSPS) is 10.9. The fraction of sp³-hybridized carbons (Fsp3) is 0.143. The van der Waals surface area contributed by atoms with Crippen molar-refractivity contribution in [3.05, 3.63) is 48.4 Å². The Bertz CT molecular complexity index is 669. The zero-order valence-electron chi connectivity index (χ0n) is 9.88. The molecular formula is C14H13N3. The highest BCUT2D eigenvalue weighted by Crippen LogP contribution is 2.25. The molecule has 3 heteroatoms. The van der Waals surface area contributed by atoms with Crippen LogP contribution in [0.15, 0.2) is 42.9 Å². The van der Waals surface area contributed by atoms with Crippen molar-refractivity contribution < 1.29 is 0 Å². The van der Waals surface area contributed by atoms with Crippen molar-refractivity contribution in [1.29, 1.82) is 0 Å². The molecule has 17 heavy (non-hydrogen) atoms. The van der Waals surface area contributed by atoms with Crippen LogP contribution in [-0.4, -0.2) is 14.5 Å². The van der Waals surface area contributed by atoms with E-state index >= 15 is 0 Å². The van der Waals surface area contributed by atoms with Gasteiger partial charge in [0, 0.05) is 42.1 Å². The van der Waals surface area contributed by atoms with Crippen molar-refractivity contribution in [1.82, 2.24) is 14.5 Å². The first-order chi connectivity index (χ1) is 8.25. The number of aryl methyl sites for hydroxylation is 2. The third-order valence-corrected chi connectivity index (χ3v) is 3.01. The molecule has 0 amide bonds. The summed E-state index contributed by atoms with van der Waals surface area (Å²) in [5.74, 6) is 0.776. The molecule has 0 aliphatic heterocycles. The predicted octanol–water partition coefficient (Wildman–Crippen LogP) is 2.94. The Morgan fingerprint density at radius 3 is 2.65 bits per heavy atom. The lowest BCUT2D eigenvalue weighted by molar-refractivity contribution is 0.964. The van der Waals surface area contributed by atoms with E-state index in [9.17, 15) is 0 Å². The van der Waals surface area contributed by atoms with Crippen LogP contribution < -0.4 is 0 Å². The first kappa shape index (κ1) is 10.0. The van der Waals surface area contributed by atoms with E-state index in [2.05, 4.69) is 52.9 Å². The van der Waals surface area contributed by atoms with Gasteiger partial charge in [-0.3, -0.25) is 0 Å². The summed E-state index contributed by atoms with van der Waals surface area (Å²) in [6.07, 6.45) is 5.68. The van der Waals surface area contributed by atoms with Crippen LogP contribution in [0.3, 0.4) is 0 Å². The Labute approximate surface area is 99.8 Å². The molecule has 3 aromatic rings. The summed E-state index contributed by atoms with van der Waals surface area (Å²) in [6.45, 7) is 2.12. The van der Waals surface area contributed by atoms with E-state index < -0.39 is 0 Å². The summed E-state index contributed by atoms with van der Waals surface area (Å²) < 4.78 is 2.14. The maximum absolute atomic E-state index is 4.27. The number of hydrogen-bond donors (Lipinski definition) is 0. The Kier molecular flexibility index (Phi) is 2.18. The van der Waals surface area contributed by atoms with Crippen LogP contribution in [0.25, 0.3) is 22.3 Å². The van der Waals surface area contributed by atoms with Crippen LogP contribution in [0.4, 0.5) is 0 Å². The van der Waals surface area contributed by atoms with E-state index in [-0.39, 0.29) is 0 Å². The van der Waals surface area contributed by atoms with Crippen LogP contribution in [0.1, 0.15) is 5.56 Å². The molecule has 2 heterocycles. The van der Waals surface area contributed by atoms with Gasteiger partial charge >= 0.3 is 0 Å². The van der Waals surface area contributed by atoms with Gasteiger partial charge in [-0.05, 0) is 36.8 Å². The molecule has 0 atom stereocenters. The molecule has 0 spiro atoms. The summed E-state index contributed by atoms with van der Waals surface area (Å²) in [4.78, 5) is 8.55. The summed E-state index contributed by atoms with van der Waals surface area (Å²) in [7, 11) is 2.06. The van der Waals surface area contributed by atoms with Gasteiger partial charge in [0.25, 0.3) is 0 Å². The molecule has 0 fully saturated rings. The van der Waals surface area contributed by atoms with Crippen LogP contribution in [0.2, 0.25) is 0 Å². The maximum atomic E-state index is 4.27. The molecular weight excluding hydrogens is 210 g/mol. The quantitative estimate of drug-likeness (QED) is 0.635. The second kappa shape index (κ2) is 3.70. The van der Waals surface area contributed by atoms with Gasteiger partial charge in [-0.25, -0.2) is 9.97 Å². The molecule has 0 N–H and O–H groups in total. The Morgan fingerprint density at radius 1 is 1.12 bits per heavy atom. The van der Waals surface area contributed by atoms with Crippen LogP contribution in [0.5, 0.6) is 0 Å². The number of rotatable bonds is 1. The lowest BCUT2D eigenvalue weighted by Crippen LogP contribution is -1.87. The molecule has 0 saturated heterocycles. The minimum atomic E-state index is 0.776. The van der Waals surface area contributed by atoms with Gasteiger partial charge in [0.15, 0.2) is 5.82 Å². The maximum Gasteiger partial charge on any atom is 0.159 e. The van der Waals surface area contributed by atoms with Gasteiger partial charge in [0.05, 0.1) is 0 Å². The molecule has 0 radical (unpaired) electrons. The van der Waals surface area contributed by atoms with Crippen molar-refractivity contribution in [2.45, 2.75) is 6.92 Å². The van der Waals surface area contributed by atoms with E-state index in [0.29, 0.717) is 0 Å². The van der Waals surface area contributed by atoms with E-state index in [1.165, 1.54) is 16.5 Å². The SMILES string of the molecule is Cc1cn(C)c2ccc(-c3ncccn3)cc12. The summed E-state index contributed by atoms with van der Waals surface area (Å²) >= 11 is 0. The lowest BCUT2D eigenvalue weighted by Gasteiger charge is -2.01.